The highest BCUT2D eigenvalue weighted by Crippen LogP contribution is 2.25. The molecule has 1 N–H and O–H groups in total. The Bertz CT molecular complexity index is 550. The Morgan fingerprint density at radius 2 is 1.76 bits per heavy atom. The van der Waals surface area contributed by atoms with E-state index >= 15 is 0 Å². The molecule has 0 radical (unpaired) electrons. The summed E-state index contributed by atoms with van der Waals surface area (Å²) >= 11 is 1.84. The van der Waals surface area contributed by atoms with Gasteiger partial charge in [0.1, 0.15) is 0 Å². The number of nitrogens with one attached hydrogen (secondary N) is 1. The summed E-state index contributed by atoms with van der Waals surface area (Å²) in [5.74, 6) is 0.484. The second-order valence-corrected chi connectivity index (χ2v) is 7.41. The topological polar surface area (TPSA) is 24.9 Å². The van der Waals surface area contributed by atoms with Crippen molar-refractivity contribution in [3.8, 4) is 0 Å². The minimum atomic E-state index is 0.484. The highest BCUT2D eigenvalue weighted by Gasteiger charge is 2.15. The fraction of sp³-hybridized carbons (Fsp3) is 0.500. The van der Waals surface area contributed by atoms with Gasteiger partial charge < -0.3 is 5.32 Å². The van der Waals surface area contributed by atoms with Gasteiger partial charge in [-0.2, -0.15) is 0 Å². The molecule has 2 aromatic rings. The van der Waals surface area contributed by atoms with E-state index in [4.69, 9.17) is 4.98 Å². The standard InChI is InChI=1S/C18H26N2S/c1-12(2)19-11-17(16-8-6-13(3)7-9-16)10-18-20-14(4)15(5)21-18/h6-9,12,17,19H,10-11H2,1-5H3. The molecule has 0 saturated carbocycles. The first-order valence-corrected chi connectivity index (χ1v) is 8.50. The quantitative estimate of drug-likeness (QED) is 0.856. The van der Waals surface area contributed by atoms with E-state index in [2.05, 4.69) is 64.2 Å². The van der Waals surface area contributed by atoms with Gasteiger partial charge in [-0.15, -0.1) is 11.3 Å². The molecule has 0 fully saturated rings. The number of nitrogens with zero attached hydrogens (tertiary/aromatic N) is 1. The molecule has 0 aliphatic heterocycles. The fourth-order valence-corrected chi connectivity index (χ4v) is 3.38. The van der Waals surface area contributed by atoms with Gasteiger partial charge in [0.25, 0.3) is 0 Å². The van der Waals surface area contributed by atoms with Crippen molar-refractivity contribution >= 4 is 11.3 Å². The van der Waals surface area contributed by atoms with E-state index in [1.54, 1.807) is 0 Å². The van der Waals surface area contributed by atoms with Crippen LogP contribution in [0.3, 0.4) is 0 Å². The molecule has 1 atom stereocenters. The van der Waals surface area contributed by atoms with Crippen molar-refractivity contribution < 1.29 is 0 Å². The summed E-state index contributed by atoms with van der Waals surface area (Å²) in [6, 6.07) is 9.44. The van der Waals surface area contributed by atoms with Crippen LogP contribution in [-0.2, 0) is 6.42 Å². The molecule has 21 heavy (non-hydrogen) atoms. The maximum Gasteiger partial charge on any atom is 0.0937 e. The Kier molecular flexibility index (Phi) is 5.54. The monoisotopic (exact) mass is 302 g/mol. The van der Waals surface area contributed by atoms with Crippen LogP contribution in [0, 0.1) is 20.8 Å². The molecule has 0 amide bonds. The first-order valence-electron chi connectivity index (χ1n) is 7.68. The lowest BCUT2D eigenvalue weighted by molar-refractivity contribution is 0.526. The molecule has 1 heterocycles. The normalized spacial score (nSPS) is 12.9. The van der Waals surface area contributed by atoms with Crippen LogP contribution in [0.25, 0.3) is 0 Å². The minimum Gasteiger partial charge on any atom is -0.314 e. The van der Waals surface area contributed by atoms with Crippen molar-refractivity contribution in [2.75, 3.05) is 6.54 Å². The van der Waals surface area contributed by atoms with Gasteiger partial charge in [0.2, 0.25) is 0 Å². The minimum absolute atomic E-state index is 0.484. The molecular weight excluding hydrogens is 276 g/mol. The summed E-state index contributed by atoms with van der Waals surface area (Å²) in [5.41, 5.74) is 3.89. The number of aromatic nitrogens is 1. The van der Waals surface area contributed by atoms with Gasteiger partial charge in [0.15, 0.2) is 0 Å². The number of benzene rings is 1. The molecule has 3 heteroatoms. The average molecular weight is 302 g/mol. The summed E-state index contributed by atoms with van der Waals surface area (Å²) in [6.45, 7) is 11.8. The molecule has 114 valence electrons. The largest absolute Gasteiger partial charge is 0.314 e. The highest BCUT2D eigenvalue weighted by molar-refractivity contribution is 7.11. The first-order chi connectivity index (χ1) is 9.95. The van der Waals surface area contributed by atoms with Gasteiger partial charge in [-0.05, 0) is 26.3 Å². The zero-order valence-corrected chi connectivity index (χ0v) is 14.6. The van der Waals surface area contributed by atoms with Gasteiger partial charge in [-0.3, -0.25) is 0 Å². The van der Waals surface area contributed by atoms with Crippen LogP contribution < -0.4 is 5.32 Å². The van der Waals surface area contributed by atoms with E-state index in [9.17, 15) is 0 Å². The number of hydrogen-bond donors (Lipinski definition) is 1. The predicted molar refractivity (Wildman–Crippen MR) is 92.4 cm³/mol. The van der Waals surface area contributed by atoms with Crippen molar-refractivity contribution in [1.29, 1.82) is 0 Å². The van der Waals surface area contributed by atoms with Crippen molar-refractivity contribution in [2.24, 2.45) is 0 Å². The van der Waals surface area contributed by atoms with Crippen LogP contribution in [0.15, 0.2) is 24.3 Å². The van der Waals surface area contributed by atoms with Crippen LogP contribution in [0.1, 0.15) is 46.5 Å². The summed E-state index contributed by atoms with van der Waals surface area (Å²) < 4.78 is 0. The third kappa shape index (κ3) is 4.65. The first kappa shape index (κ1) is 16.2. The molecule has 2 rings (SSSR count). The maximum atomic E-state index is 4.71. The Hall–Kier alpha value is -1.19. The summed E-state index contributed by atoms with van der Waals surface area (Å²) in [5, 5.41) is 4.83. The Labute approximate surface area is 132 Å². The molecule has 0 spiro atoms. The van der Waals surface area contributed by atoms with Gasteiger partial charge in [-0.25, -0.2) is 4.98 Å². The number of thiazole rings is 1. The van der Waals surface area contributed by atoms with Gasteiger partial charge in [0, 0.05) is 29.8 Å². The van der Waals surface area contributed by atoms with Crippen LogP contribution in [-0.4, -0.2) is 17.6 Å². The lowest BCUT2D eigenvalue weighted by Gasteiger charge is -2.19. The second kappa shape index (κ2) is 7.19. The Morgan fingerprint density at radius 1 is 1.10 bits per heavy atom. The smallest absolute Gasteiger partial charge is 0.0937 e. The van der Waals surface area contributed by atoms with Gasteiger partial charge in [0.05, 0.1) is 10.7 Å². The third-order valence-electron chi connectivity index (χ3n) is 3.82. The van der Waals surface area contributed by atoms with Crippen molar-refractivity contribution in [3.05, 3.63) is 51.0 Å². The molecule has 0 bridgehead atoms. The zero-order chi connectivity index (χ0) is 15.4. The van der Waals surface area contributed by atoms with Crippen LogP contribution in [0.2, 0.25) is 0 Å². The van der Waals surface area contributed by atoms with Crippen LogP contribution in [0.5, 0.6) is 0 Å². The van der Waals surface area contributed by atoms with Gasteiger partial charge >= 0.3 is 0 Å². The van der Waals surface area contributed by atoms with E-state index < -0.39 is 0 Å². The number of aryl methyl sites for hydroxylation is 3. The van der Waals surface area contributed by atoms with Crippen LogP contribution >= 0.6 is 11.3 Å². The summed E-state index contributed by atoms with van der Waals surface area (Å²) in [6.07, 6.45) is 1.02. The highest BCUT2D eigenvalue weighted by atomic mass is 32.1. The molecule has 1 unspecified atom stereocenters. The molecule has 0 aliphatic rings. The average Bonchev–Trinajstić information content (AvgIpc) is 2.74. The van der Waals surface area contributed by atoms with E-state index in [-0.39, 0.29) is 0 Å². The lowest BCUT2D eigenvalue weighted by atomic mass is 9.95. The number of hydrogen-bond acceptors (Lipinski definition) is 3. The molecular formula is C18H26N2S. The fourth-order valence-electron chi connectivity index (χ4n) is 2.36. The van der Waals surface area contributed by atoms with Crippen molar-refractivity contribution in [2.45, 2.75) is 53.0 Å². The predicted octanol–water partition coefficient (Wildman–Crippen LogP) is 4.39. The SMILES string of the molecule is Cc1ccc(C(CNC(C)C)Cc2nc(C)c(C)s2)cc1. The number of rotatable bonds is 6. The molecule has 0 aliphatic carbocycles. The van der Waals surface area contributed by atoms with Crippen molar-refractivity contribution in [3.63, 3.8) is 0 Å². The van der Waals surface area contributed by atoms with E-state index in [1.807, 2.05) is 11.3 Å². The molecule has 1 aromatic carbocycles. The van der Waals surface area contributed by atoms with E-state index in [0.29, 0.717) is 12.0 Å². The Balaban J connectivity index is 2.16. The third-order valence-corrected chi connectivity index (χ3v) is 4.91. The maximum absolute atomic E-state index is 4.71. The molecule has 2 nitrogen and oxygen atoms in total. The van der Waals surface area contributed by atoms with Crippen molar-refractivity contribution in [1.82, 2.24) is 10.3 Å². The summed E-state index contributed by atoms with van der Waals surface area (Å²) in [4.78, 5) is 6.05. The summed E-state index contributed by atoms with van der Waals surface area (Å²) in [7, 11) is 0. The molecule has 0 saturated heterocycles. The zero-order valence-electron chi connectivity index (χ0n) is 13.7. The van der Waals surface area contributed by atoms with Crippen LogP contribution in [0.4, 0.5) is 0 Å². The second-order valence-electron chi connectivity index (χ2n) is 6.12. The Morgan fingerprint density at radius 3 is 2.29 bits per heavy atom. The van der Waals surface area contributed by atoms with Gasteiger partial charge in [-0.1, -0.05) is 43.7 Å². The lowest BCUT2D eigenvalue weighted by Crippen LogP contribution is -2.29. The van der Waals surface area contributed by atoms with E-state index in [0.717, 1.165) is 13.0 Å². The molecule has 1 aromatic heterocycles. The van der Waals surface area contributed by atoms with E-state index in [1.165, 1.54) is 26.7 Å².